The molecule has 2 atom stereocenters. The van der Waals surface area contributed by atoms with Gasteiger partial charge in [-0.05, 0) is 19.1 Å². The number of hydrogen-bond acceptors (Lipinski definition) is 6. The van der Waals surface area contributed by atoms with Crippen molar-refractivity contribution in [2.45, 2.75) is 45.4 Å². The fourth-order valence-corrected chi connectivity index (χ4v) is 3.46. The van der Waals surface area contributed by atoms with Gasteiger partial charge in [0.15, 0.2) is 11.5 Å². The first-order valence-electron chi connectivity index (χ1n) is 8.73. The second-order valence-corrected chi connectivity index (χ2v) is 7.02. The summed E-state index contributed by atoms with van der Waals surface area (Å²) in [6.07, 6.45) is 0.488. The molecule has 1 aromatic rings. The van der Waals surface area contributed by atoms with Crippen molar-refractivity contribution in [3.63, 3.8) is 0 Å². The molecule has 26 heavy (non-hydrogen) atoms. The van der Waals surface area contributed by atoms with Crippen LogP contribution in [0.3, 0.4) is 0 Å². The number of benzene rings is 1. The van der Waals surface area contributed by atoms with E-state index in [2.05, 4.69) is 5.32 Å². The number of ether oxygens (including phenoxy) is 4. The number of amides is 1. The zero-order chi connectivity index (χ0) is 19.5. The minimum absolute atomic E-state index is 0.0149. The average Bonchev–Trinajstić information content (AvgIpc) is 2.64. The van der Waals surface area contributed by atoms with E-state index in [4.69, 9.17) is 24.7 Å². The van der Waals surface area contributed by atoms with Gasteiger partial charge in [-0.15, -0.1) is 0 Å². The van der Waals surface area contributed by atoms with Gasteiger partial charge in [-0.3, -0.25) is 4.79 Å². The summed E-state index contributed by atoms with van der Waals surface area (Å²) >= 11 is 0. The molecule has 2 rings (SSSR count). The van der Waals surface area contributed by atoms with Crippen LogP contribution in [-0.4, -0.2) is 45.5 Å². The van der Waals surface area contributed by atoms with Crippen LogP contribution in [0.25, 0.3) is 0 Å². The fraction of sp³-hybridized carbons (Fsp3) is 0.632. The van der Waals surface area contributed by atoms with Crippen molar-refractivity contribution in [3.8, 4) is 17.2 Å². The highest BCUT2D eigenvalue weighted by Crippen LogP contribution is 2.50. The molecule has 0 aromatic heterocycles. The normalized spacial score (nSPS) is 23.7. The highest BCUT2D eigenvalue weighted by atomic mass is 16.5. The lowest BCUT2D eigenvalue weighted by molar-refractivity contribution is -0.170. The van der Waals surface area contributed by atoms with Crippen molar-refractivity contribution < 1.29 is 23.7 Å². The average molecular weight is 366 g/mol. The molecule has 0 heterocycles. The SMILES string of the molecule is CCOC1CC(N)(C(=O)NCc2ccc(OC)c(OC)c2OC)C1(C)C. The molecule has 7 nitrogen and oxygen atoms in total. The summed E-state index contributed by atoms with van der Waals surface area (Å²) in [5.41, 5.74) is 5.79. The van der Waals surface area contributed by atoms with Crippen molar-refractivity contribution in [1.82, 2.24) is 5.32 Å². The Morgan fingerprint density at radius 3 is 2.35 bits per heavy atom. The molecule has 146 valence electrons. The van der Waals surface area contributed by atoms with Gasteiger partial charge in [-0.25, -0.2) is 0 Å². The summed E-state index contributed by atoms with van der Waals surface area (Å²) < 4.78 is 21.8. The summed E-state index contributed by atoms with van der Waals surface area (Å²) in [5, 5.41) is 2.93. The van der Waals surface area contributed by atoms with E-state index in [0.29, 0.717) is 30.3 Å². The number of carbonyl (C=O) groups is 1. The fourth-order valence-electron chi connectivity index (χ4n) is 3.46. The lowest BCUT2D eigenvalue weighted by Gasteiger charge is -2.57. The molecule has 1 aliphatic carbocycles. The standard InChI is InChI=1S/C19H30N2O5/c1-7-26-14-10-19(20,18(14,2)3)17(22)21-11-12-8-9-13(23-4)16(25-6)15(12)24-5/h8-9,14H,7,10-11,20H2,1-6H3,(H,21,22). The largest absolute Gasteiger partial charge is 0.493 e. The van der Waals surface area contributed by atoms with E-state index in [1.807, 2.05) is 26.8 Å². The highest BCUT2D eigenvalue weighted by Gasteiger charge is 2.62. The van der Waals surface area contributed by atoms with E-state index in [1.54, 1.807) is 27.4 Å². The first-order chi connectivity index (χ1) is 12.3. The predicted octanol–water partition coefficient (Wildman–Crippen LogP) is 1.86. The lowest BCUT2D eigenvalue weighted by atomic mass is 9.54. The van der Waals surface area contributed by atoms with Crippen molar-refractivity contribution in [2.24, 2.45) is 11.1 Å². The van der Waals surface area contributed by atoms with E-state index in [0.717, 1.165) is 5.56 Å². The van der Waals surface area contributed by atoms with Crippen LogP contribution in [0.5, 0.6) is 17.2 Å². The van der Waals surface area contributed by atoms with Crippen LogP contribution in [0.1, 0.15) is 32.8 Å². The van der Waals surface area contributed by atoms with Gasteiger partial charge < -0.3 is 30.0 Å². The zero-order valence-corrected chi connectivity index (χ0v) is 16.5. The highest BCUT2D eigenvalue weighted by molar-refractivity contribution is 5.88. The molecule has 1 aromatic carbocycles. The molecular formula is C19H30N2O5. The minimum Gasteiger partial charge on any atom is -0.493 e. The Kier molecular flexibility index (Phi) is 6.03. The zero-order valence-electron chi connectivity index (χ0n) is 16.5. The van der Waals surface area contributed by atoms with Crippen LogP contribution in [-0.2, 0) is 16.1 Å². The molecular weight excluding hydrogens is 336 g/mol. The first-order valence-corrected chi connectivity index (χ1v) is 8.73. The monoisotopic (exact) mass is 366 g/mol. The Hall–Kier alpha value is -1.99. The molecule has 1 saturated carbocycles. The van der Waals surface area contributed by atoms with E-state index < -0.39 is 11.0 Å². The number of carbonyl (C=O) groups excluding carboxylic acids is 1. The third-order valence-corrected chi connectivity index (χ3v) is 5.46. The van der Waals surface area contributed by atoms with Crippen molar-refractivity contribution in [1.29, 1.82) is 0 Å². The third kappa shape index (κ3) is 3.21. The molecule has 7 heteroatoms. The summed E-state index contributed by atoms with van der Waals surface area (Å²) in [6.45, 7) is 6.75. The summed E-state index contributed by atoms with van der Waals surface area (Å²) in [4.78, 5) is 12.8. The Labute approximate surface area is 155 Å². The van der Waals surface area contributed by atoms with Gasteiger partial charge in [0.05, 0.1) is 27.4 Å². The molecule has 0 spiro atoms. The molecule has 1 fully saturated rings. The molecule has 1 amide bonds. The van der Waals surface area contributed by atoms with Crippen LogP contribution < -0.4 is 25.3 Å². The van der Waals surface area contributed by atoms with E-state index in [1.165, 1.54) is 0 Å². The van der Waals surface area contributed by atoms with E-state index in [-0.39, 0.29) is 18.6 Å². The topological polar surface area (TPSA) is 92.0 Å². The first kappa shape index (κ1) is 20.3. The van der Waals surface area contributed by atoms with Gasteiger partial charge in [0, 0.05) is 30.6 Å². The van der Waals surface area contributed by atoms with Crippen LogP contribution in [0.2, 0.25) is 0 Å². The Balaban J connectivity index is 2.13. The number of nitrogens with two attached hydrogens (primary N) is 1. The quantitative estimate of drug-likeness (QED) is 0.730. The molecule has 1 aliphatic rings. The van der Waals surface area contributed by atoms with Crippen LogP contribution in [0.15, 0.2) is 12.1 Å². The maximum absolute atomic E-state index is 12.8. The van der Waals surface area contributed by atoms with Crippen LogP contribution in [0, 0.1) is 5.41 Å². The second kappa shape index (κ2) is 7.72. The van der Waals surface area contributed by atoms with Gasteiger partial charge in [-0.1, -0.05) is 13.8 Å². The molecule has 0 saturated heterocycles. The number of methoxy groups -OCH3 is 3. The summed E-state index contributed by atoms with van der Waals surface area (Å²) in [6, 6.07) is 3.61. The molecule has 0 aliphatic heterocycles. The van der Waals surface area contributed by atoms with Crippen molar-refractivity contribution in [2.75, 3.05) is 27.9 Å². The minimum atomic E-state index is -0.962. The lowest BCUT2D eigenvalue weighted by Crippen LogP contribution is -2.75. The Morgan fingerprint density at radius 1 is 1.19 bits per heavy atom. The van der Waals surface area contributed by atoms with E-state index in [9.17, 15) is 4.79 Å². The Morgan fingerprint density at radius 2 is 1.85 bits per heavy atom. The summed E-state index contributed by atoms with van der Waals surface area (Å²) in [5.74, 6) is 1.38. The van der Waals surface area contributed by atoms with Gasteiger partial charge in [0.25, 0.3) is 0 Å². The number of hydrogen-bond donors (Lipinski definition) is 2. The van der Waals surface area contributed by atoms with Crippen LogP contribution >= 0.6 is 0 Å². The van der Waals surface area contributed by atoms with Gasteiger partial charge in [0.1, 0.15) is 5.54 Å². The molecule has 3 N–H and O–H groups in total. The van der Waals surface area contributed by atoms with E-state index >= 15 is 0 Å². The van der Waals surface area contributed by atoms with Gasteiger partial charge in [0.2, 0.25) is 11.7 Å². The van der Waals surface area contributed by atoms with Crippen LogP contribution in [0.4, 0.5) is 0 Å². The molecule has 0 radical (unpaired) electrons. The number of rotatable bonds is 8. The third-order valence-electron chi connectivity index (χ3n) is 5.46. The van der Waals surface area contributed by atoms with Gasteiger partial charge in [-0.2, -0.15) is 0 Å². The summed E-state index contributed by atoms with van der Waals surface area (Å²) in [7, 11) is 4.65. The molecule has 2 unspecified atom stereocenters. The number of nitrogens with one attached hydrogen (secondary N) is 1. The van der Waals surface area contributed by atoms with Crippen molar-refractivity contribution in [3.05, 3.63) is 17.7 Å². The smallest absolute Gasteiger partial charge is 0.241 e. The maximum Gasteiger partial charge on any atom is 0.241 e. The van der Waals surface area contributed by atoms with Crippen molar-refractivity contribution >= 4 is 5.91 Å². The second-order valence-electron chi connectivity index (χ2n) is 7.02. The molecule has 0 bridgehead atoms. The maximum atomic E-state index is 12.8. The Bertz CT molecular complexity index is 662. The van der Waals surface area contributed by atoms with Gasteiger partial charge >= 0.3 is 0 Å². The predicted molar refractivity (Wildman–Crippen MR) is 98.7 cm³/mol.